The molecule has 43 heavy (non-hydrogen) atoms. The maximum Gasteiger partial charge on any atom is 0.211 e. The number of nitrogens with zero attached hydrogens (tertiary/aromatic N) is 2. The van der Waals surface area contributed by atoms with Crippen molar-refractivity contribution >= 4 is 11.4 Å². The van der Waals surface area contributed by atoms with Crippen LogP contribution in [0.1, 0.15) is 171 Å². The van der Waals surface area contributed by atoms with Crippen molar-refractivity contribution in [1.29, 1.82) is 0 Å². The summed E-state index contributed by atoms with van der Waals surface area (Å²) in [6.07, 6.45) is 22.8. The quantitative estimate of drug-likeness (QED) is 0.103. The molecule has 0 fully saturated rings. The van der Waals surface area contributed by atoms with Gasteiger partial charge in [-0.25, -0.2) is 4.70 Å². The summed E-state index contributed by atoms with van der Waals surface area (Å²) < 4.78 is 1.58. The Kier molecular flexibility index (Phi) is 15.5. The lowest BCUT2D eigenvalue weighted by molar-refractivity contribution is -0.345. The fraction of sp³-hybridized carbons (Fsp3) is 0.610. The van der Waals surface area contributed by atoms with Crippen molar-refractivity contribution in [3.05, 3.63) is 86.5 Å². The molecular formula is C41H62N2. The Morgan fingerprint density at radius 2 is 0.814 bits per heavy atom. The van der Waals surface area contributed by atoms with Gasteiger partial charge in [0, 0.05) is 22.3 Å². The molecule has 0 aliphatic carbocycles. The normalized spacial score (nSPS) is 13.6. The molecule has 1 heterocycles. The van der Waals surface area contributed by atoms with E-state index in [1.165, 1.54) is 122 Å². The van der Waals surface area contributed by atoms with Crippen LogP contribution >= 0.6 is 0 Å². The lowest BCUT2D eigenvalue weighted by Crippen LogP contribution is -2.05. The molecule has 0 saturated carbocycles. The fourth-order valence-electron chi connectivity index (χ4n) is 6.66. The molecule has 0 aromatic heterocycles. The van der Waals surface area contributed by atoms with Gasteiger partial charge in [-0.2, -0.15) is 0 Å². The Bertz CT molecular complexity index is 1230. The Morgan fingerprint density at radius 1 is 0.442 bits per heavy atom. The number of hydrogen-bond donors (Lipinski definition) is 0. The molecule has 2 heteroatoms. The highest BCUT2D eigenvalue weighted by Gasteiger charge is 2.34. The van der Waals surface area contributed by atoms with Gasteiger partial charge < -0.3 is 5.53 Å². The largest absolute Gasteiger partial charge is 0.493 e. The van der Waals surface area contributed by atoms with Crippen LogP contribution in [0.3, 0.4) is 0 Å². The van der Waals surface area contributed by atoms with Crippen LogP contribution in [0.2, 0.25) is 0 Å². The molecule has 0 unspecified atom stereocenters. The number of allylic oxidation sites excluding steroid dienone is 2. The van der Waals surface area contributed by atoms with Gasteiger partial charge >= 0.3 is 0 Å². The maximum absolute atomic E-state index is 12.1. The van der Waals surface area contributed by atoms with Crippen LogP contribution in [-0.2, 0) is 25.7 Å². The molecule has 3 rings (SSSR count). The summed E-state index contributed by atoms with van der Waals surface area (Å²) in [5.74, 6) is 0. The molecule has 2 nitrogen and oxygen atoms in total. The van der Waals surface area contributed by atoms with Gasteiger partial charge in [0.1, 0.15) is 0 Å². The second-order valence-corrected chi connectivity index (χ2v) is 13.1. The molecule has 2 aromatic rings. The first kappa shape index (κ1) is 35.0. The third-order valence-corrected chi connectivity index (χ3v) is 9.23. The van der Waals surface area contributed by atoms with Gasteiger partial charge in [0.25, 0.3) is 0 Å². The standard InChI is InChI=1S/C41H62N2/c1-7-12-17-19-23-35-26-33(21-14-9-3)28-37(29-35)40-32(6)39(25-16-11-5)41(43(40)42)38-30-34(22-15-10-4)27-36(31-38)24-20-18-13-8-2/h26-31H,7-25H2,1-6H3. The monoisotopic (exact) mass is 582 g/mol. The van der Waals surface area contributed by atoms with Gasteiger partial charge in [0.2, 0.25) is 11.4 Å². The summed E-state index contributed by atoms with van der Waals surface area (Å²) in [5, 5.41) is 0. The minimum absolute atomic E-state index is 0.998. The molecule has 0 atom stereocenters. The highest BCUT2D eigenvalue weighted by molar-refractivity contribution is 5.82. The predicted molar refractivity (Wildman–Crippen MR) is 188 cm³/mol. The van der Waals surface area contributed by atoms with E-state index in [4.69, 9.17) is 0 Å². The molecule has 0 spiro atoms. The number of rotatable bonds is 21. The molecule has 0 saturated heterocycles. The number of aryl methyl sites for hydroxylation is 4. The lowest BCUT2D eigenvalue weighted by Gasteiger charge is -2.14. The van der Waals surface area contributed by atoms with E-state index in [1.807, 2.05) is 0 Å². The van der Waals surface area contributed by atoms with Crippen LogP contribution in [0.15, 0.2) is 47.5 Å². The van der Waals surface area contributed by atoms with Gasteiger partial charge in [0.05, 0.1) is 0 Å². The zero-order chi connectivity index (χ0) is 31.0. The number of benzene rings is 2. The van der Waals surface area contributed by atoms with E-state index in [1.54, 1.807) is 4.70 Å². The summed E-state index contributed by atoms with van der Waals surface area (Å²) in [5.41, 5.74) is 24.8. The van der Waals surface area contributed by atoms with E-state index in [-0.39, 0.29) is 0 Å². The Balaban J connectivity index is 2.05. The van der Waals surface area contributed by atoms with Crippen LogP contribution in [0.4, 0.5) is 0 Å². The van der Waals surface area contributed by atoms with Gasteiger partial charge in [-0.05, 0) is 118 Å². The van der Waals surface area contributed by atoms with Crippen molar-refractivity contribution in [3.63, 3.8) is 0 Å². The molecule has 0 radical (unpaired) electrons. The van der Waals surface area contributed by atoms with Crippen LogP contribution in [0.5, 0.6) is 0 Å². The second kappa shape index (κ2) is 19.0. The summed E-state index contributed by atoms with van der Waals surface area (Å²) in [6.45, 7) is 13.6. The Labute approximate surface area is 265 Å². The maximum atomic E-state index is 12.1. The first-order chi connectivity index (χ1) is 21.0. The van der Waals surface area contributed by atoms with E-state index in [0.717, 1.165) is 56.3 Å². The average Bonchev–Trinajstić information content (AvgIpc) is 3.26. The van der Waals surface area contributed by atoms with Crippen molar-refractivity contribution in [2.75, 3.05) is 0 Å². The van der Waals surface area contributed by atoms with Crippen molar-refractivity contribution in [2.45, 2.75) is 164 Å². The van der Waals surface area contributed by atoms with Crippen LogP contribution in [0, 0.1) is 0 Å². The molecule has 0 bridgehead atoms. The van der Waals surface area contributed by atoms with Gasteiger partial charge in [0.15, 0.2) is 0 Å². The molecule has 2 aromatic carbocycles. The Hall–Kier alpha value is -2.48. The van der Waals surface area contributed by atoms with Crippen LogP contribution < -0.4 is 0 Å². The molecule has 1 aliphatic rings. The fourth-order valence-corrected chi connectivity index (χ4v) is 6.66. The van der Waals surface area contributed by atoms with Crippen molar-refractivity contribution < 1.29 is 4.70 Å². The predicted octanol–water partition coefficient (Wildman–Crippen LogP) is 13.0. The molecule has 1 aliphatic heterocycles. The number of unbranched alkanes of at least 4 members (excludes halogenated alkanes) is 9. The van der Waals surface area contributed by atoms with E-state index in [9.17, 15) is 5.53 Å². The molecular weight excluding hydrogens is 520 g/mol. The first-order valence-corrected chi connectivity index (χ1v) is 18.2. The molecule has 0 N–H and O–H groups in total. The zero-order valence-electron chi connectivity index (χ0n) is 28.8. The highest BCUT2D eigenvalue weighted by atomic mass is 15.2. The third-order valence-electron chi connectivity index (χ3n) is 9.23. The molecule has 0 amide bonds. The van der Waals surface area contributed by atoms with Gasteiger partial charge in [-0.3, -0.25) is 0 Å². The van der Waals surface area contributed by atoms with Crippen molar-refractivity contribution in [2.24, 2.45) is 0 Å². The topological polar surface area (TPSA) is 25.3 Å². The molecule has 236 valence electrons. The second-order valence-electron chi connectivity index (χ2n) is 13.1. The van der Waals surface area contributed by atoms with E-state index in [2.05, 4.69) is 77.9 Å². The lowest BCUT2D eigenvalue weighted by atomic mass is 9.92. The van der Waals surface area contributed by atoms with E-state index < -0.39 is 0 Å². The van der Waals surface area contributed by atoms with Crippen molar-refractivity contribution in [3.8, 4) is 0 Å². The van der Waals surface area contributed by atoms with E-state index in [0.29, 0.717) is 0 Å². The number of hydrogen-bond acceptors (Lipinski definition) is 0. The zero-order valence-corrected chi connectivity index (χ0v) is 28.8. The summed E-state index contributed by atoms with van der Waals surface area (Å²) in [6, 6.07) is 14.4. The van der Waals surface area contributed by atoms with Gasteiger partial charge in [-0.15, -0.1) is 0 Å². The summed E-state index contributed by atoms with van der Waals surface area (Å²) >= 11 is 0. The minimum Gasteiger partial charge on any atom is -0.493 e. The average molecular weight is 583 g/mol. The SMILES string of the molecule is CCCCCCc1cc(CCCC)cc(C2=C(C)C(CCCC)=C(c3cc(CCCC)cc(CCCCCC)c3)[N+]2=[N-])c1. The van der Waals surface area contributed by atoms with E-state index >= 15 is 0 Å². The highest BCUT2D eigenvalue weighted by Crippen LogP contribution is 2.43. The van der Waals surface area contributed by atoms with Crippen molar-refractivity contribution in [1.82, 2.24) is 0 Å². The Morgan fingerprint density at radius 3 is 1.23 bits per heavy atom. The summed E-state index contributed by atoms with van der Waals surface area (Å²) in [7, 11) is 0. The minimum atomic E-state index is 0.998. The van der Waals surface area contributed by atoms with Gasteiger partial charge in [-0.1, -0.05) is 105 Å². The first-order valence-electron chi connectivity index (χ1n) is 18.2. The smallest absolute Gasteiger partial charge is 0.211 e. The van der Waals surface area contributed by atoms with Crippen LogP contribution in [-0.4, -0.2) is 4.70 Å². The third kappa shape index (κ3) is 10.3. The van der Waals surface area contributed by atoms with Crippen LogP contribution in [0.25, 0.3) is 16.9 Å². The summed E-state index contributed by atoms with van der Waals surface area (Å²) in [4.78, 5) is 0.